The van der Waals surface area contributed by atoms with Crippen molar-refractivity contribution < 1.29 is 80.2 Å². The van der Waals surface area contributed by atoms with Crippen LogP contribution in [0.25, 0.3) is 0 Å². The quantitative estimate of drug-likeness (QED) is 0.0222. The van der Waals surface area contributed by atoms with Crippen LogP contribution < -0.4 is 0 Å². The summed E-state index contributed by atoms with van der Waals surface area (Å²) >= 11 is 0. The Hall–Kier alpha value is -1.94. The van der Waals surface area contributed by atoms with Crippen LogP contribution in [0.15, 0.2) is 0 Å². The molecule has 19 heteroatoms. The highest BCUT2D eigenvalue weighted by atomic mass is 31.2. The number of rotatable bonds is 84. The van der Waals surface area contributed by atoms with Crippen LogP contribution in [0.1, 0.15) is 453 Å². The number of phosphoric ester groups is 2. The molecular formula is C86H168O17P2. The van der Waals surface area contributed by atoms with Crippen LogP contribution in [0.4, 0.5) is 0 Å². The lowest BCUT2D eigenvalue weighted by Crippen LogP contribution is -2.30. The lowest BCUT2D eigenvalue weighted by atomic mass is 9.99. The average Bonchev–Trinajstić information content (AvgIpc) is 0.906. The minimum atomic E-state index is -4.97. The van der Waals surface area contributed by atoms with Gasteiger partial charge in [-0.1, -0.05) is 402 Å². The SMILES string of the molecule is CCCCCCCCCCCCCCCCCCCCCCCC(=O)OC[C@H](COP(=O)(O)OC[C@@H](O)COP(=O)(O)OC[C@@H](COC(=O)CCCCCCCCCC(C)C)OC(=O)CCCCCCCCCCC(C)CC)OC(=O)CCCCCCCCCCCCCCCCCCCCC(C)CC. The monoisotopic (exact) mass is 1540 g/mol. The Labute approximate surface area is 645 Å². The van der Waals surface area contributed by atoms with E-state index in [1.165, 1.54) is 257 Å². The number of aliphatic hydroxyl groups is 1. The Morgan fingerprint density at radius 3 is 0.724 bits per heavy atom. The molecule has 0 aromatic carbocycles. The number of carbonyl (C=O) groups is 4. The van der Waals surface area contributed by atoms with Crippen molar-refractivity contribution in [2.75, 3.05) is 39.6 Å². The first kappa shape index (κ1) is 103. The van der Waals surface area contributed by atoms with Gasteiger partial charge >= 0.3 is 39.5 Å². The summed E-state index contributed by atoms with van der Waals surface area (Å²) in [6.45, 7) is 12.0. The van der Waals surface area contributed by atoms with Crippen LogP contribution in [0, 0.1) is 17.8 Å². The maximum Gasteiger partial charge on any atom is 0.472 e. The maximum absolute atomic E-state index is 13.1. The highest BCUT2D eigenvalue weighted by Crippen LogP contribution is 2.45. The van der Waals surface area contributed by atoms with Crippen molar-refractivity contribution in [3.63, 3.8) is 0 Å². The minimum Gasteiger partial charge on any atom is -0.462 e. The lowest BCUT2D eigenvalue weighted by molar-refractivity contribution is -0.161. The van der Waals surface area contributed by atoms with E-state index in [0.717, 1.165) is 108 Å². The molecule has 0 saturated heterocycles. The molecule has 0 aliphatic carbocycles. The van der Waals surface area contributed by atoms with Gasteiger partial charge in [-0.3, -0.25) is 37.3 Å². The van der Waals surface area contributed by atoms with E-state index in [1.807, 2.05) is 0 Å². The van der Waals surface area contributed by atoms with Crippen molar-refractivity contribution in [1.82, 2.24) is 0 Å². The minimum absolute atomic E-state index is 0.104. The van der Waals surface area contributed by atoms with Crippen LogP contribution in [-0.2, 0) is 65.4 Å². The number of hydrogen-bond donors (Lipinski definition) is 3. The van der Waals surface area contributed by atoms with Crippen molar-refractivity contribution in [1.29, 1.82) is 0 Å². The van der Waals surface area contributed by atoms with Gasteiger partial charge in [0, 0.05) is 25.7 Å². The summed E-state index contributed by atoms with van der Waals surface area (Å²) in [5.41, 5.74) is 0. The Balaban J connectivity index is 5.20. The van der Waals surface area contributed by atoms with Crippen molar-refractivity contribution in [3.05, 3.63) is 0 Å². The molecule has 4 unspecified atom stereocenters. The van der Waals surface area contributed by atoms with Gasteiger partial charge in [-0.15, -0.1) is 0 Å². The number of phosphoric acid groups is 2. The smallest absolute Gasteiger partial charge is 0.462 e. The van der Waals surface area contributed by atoms with Crippen LogP contribution in [0.2, 0.25) is 0 Å². The molecule has 3 N–H and O–H groups in total. The Kier molecular flexibility index (Phi) is 74.7. The Morgan fingerprint density at radius 1 is 0.276 bits per heavy atom. The summed E-state index contributed by atoms with van der Waals surface area (Å²) in [5.74, 6) is 0.236. The van der Waals surface area contributed by atoms with E-state index in [4.69, 9.17) is 37.0 Å². The molecule has 0 heterocycles. The second kappa shape index (κ2) is 76.1. The van der Waals surface area contributed by atoms with Crippen molar-refractivity contribution >= 4 is 39.5 Å². The van der Waals surface area contributed by atoms with Crippen LogP contribution >= 0.6 is 15.6 Å². The largest absolute Gasteiger partial charge is 0.472 e. The van der Waals surface area contributed by atoms with Crippen LogP contribution in [0.5, 0.6) is 0 Å². The fourth-order valence-corrected chi connectivity index (χ4v) is 14.9. The Bertz CT molecular complexity index is 2030. The number of unbranched alkanes of at least 4 members (excludes halogenated alkanes) is 50. The second-order valence-electron chi connectivity index (χ2n) is 31.9. The second-order valence-corrected chi connectivity index (χ2v) is 34.8. The van der Waals surface area contributed by atoms with Gasteiger partial charge in [0.1, 0.15) is 19.3 Å². The molecule has 0 rings (SSSR count). The van der Waals surface area contributed by atoms with Gasteiger partial charge in [-0.05, 0) is 43.4 Å². The average molecular weight is 1540 g/mol. The highest BCUT2D eigenvalue weighted by molar-refractivity contribution is 7.47. The zero-order valence-corrected chi connectivity index (χ0v) is 71.0. The number of ether oxygens (including phenoxy) is 4. The van der Waals surface area contributed by atoms with Gasteiger partial charge < -0.3 is 33.8 Å². The third kappa shape index (κ3) is 77.2. The standard InChI is InChI=1S/C86H168O17P2/c1-8-11-12-13-14-15-16-17-18-19-20-21-22-26-29-32-35-38-46-53-60-67-83(88)96-73-81(102-85(90)69-62-55-47-39-36-33-30-27-24-23-25-28-31-34-37-44-51-58-65-78(6)9-2)75-100-104(92,93)98-71-80(87)72-99-105(94,95)101-76-82(74-97-84(89)68-61-54-49-42-43-50-57-64-77(4)5)103-86(91)70-63-56-48-41-40-45-52-59-66-79(7)10-3/h77-82,87H,8-76H2,1-7H3,(H,92,93)(H,94,95)/t78?,79?,80-,81-,82-/m1/s1. The summed E-state index contributed by atoms with van der Waals surface area (Å²) in [7, 11) is -9.93. The molecular weight excluding hydrogens is 1370 g/mol. The zero-order valence-electron chi connectivity index (χ0n) is 69.2. The van der Waals surface area contributed by atoms with E-state index in [9.17, 15) is 43.2 Å². The van der Waals surface area contributed by atoms with Gasteiger partial charge in [-0.25, -0.2) is 9.13 Å². The van der Waals surface area contributed by atoms with Gasteiger partial charge in [0.25, 0.3) is 0 Å². The molecule has 624 valence electrons. The van der Waals surface area contributed by atoms with E-state index in [0.29, 0.717) is 31.6 Å². The van der Waals surface area contributed by atoms with E-state index in [2.05, 4.69) is 48.5 Å². The highest BCUT2D eigenvalue weighted by Gasteiger charge is 2.30. The summed E-state index contributed by atoms with van der Waals surface area (Å²) in [5, 5.41) is 10.7. The Morgan fingerprint density at radius 2 is 0.486 bits per heavy atom. The van der Waals surface area contributed by atoms with Crippen LogP contribution in [-0.4, -0.2) is 96.7 Å². The third-order valence-corrected chi connectivity index (χ3v) is 22.8. The summed E-state index contributed by atoms with van der Waals surface area (Å²) in [6.07, 6.45) is 66.9. The van der Waals surface area contributed by atoms with Gasteiger partial charge in [-0.2, -0.15) is 0 Å². The van der Waals surface area contributed by atoms with E-state index in [1.54, 1.807) is 0 Å². The fourth-order valence-electron chi connectivity index (χ4n) is 13.3. The number of aliphatic hydroxyl groups excluding tert-OH is 1. The molecule has 0 aliphatic rings. The molecule has 0 radical (unpaired) electrons. The summed E-state index contributed by atoms with van der Waals surface area (Å²) in [6, 6.07) is 0. The number of hydrogen-bond acceptors (Lipinski definition) is 15. The van der Waals surface area contributed by atoms with Gasteiger partial charge in [0.2, 0.25) is 0 Å². The fraction of sp³-hybridized carbons (Fsp3) is 0.953. The van der Waals surface area contributed by atoms with Gasteiger partial charge in [0.15, 0.2) is 12.2 Å². The zero-order chi connectivity index (χ0) is 77.2. The van der Waals surface area contributed by atoms with Crippen LogP contribution in [0.3, 0.4) is 0 Å². The predicted molar refractivity (Wildman–Crippen MR) is 432 cm³/mol. The van der Waals surface area contributed by atoms with Crippen molar-refractivity contribution in [2.45, 2.75) is 471 Å². The van der Waals surface area contributed by atoms with E-state index in [-0.39, 0.29) is 25.7 Å². The number of carbonyl (C=O) groups excluding carboxylic acids is 4. The molecule has 0 aromatic heterocycles. The first-order valence-electron chi connectivity index (χ1n) is 44.4. The number of esters is 4. The topological polar surface area (TPSA) is 237 Å². The first-order valence-corrected chi connectivity index (χ1v) is 47.4. The molecule has 0 bridgehead atoms. The summed E-state index contributed by atoms with van der Waals surface area (Å²) < 4.78 is 68.8. The molecule has 0 fully saturated rings. The lowest BCUT2D eigenvalue weighted by Gasteiger charge is -2.21. The third-order valence-electron chi connectivity index (χ3n) is 20.9. The molecule has 105 heavy (non-hydrogen) atoms. The molecule has 0 aromatic rings. The van der Waals surface area contributed by atoms with E-state index < -0.39 is 97.5 Å². The molecule has 7 atom stereocenters. The summed E-state index contributed by atoms with van der Waals surface area (Å²) in [4.78, 5) is 73.1. The van der Waals surface area contributed by atoms with Crippen molar-refractivity contribution in [2.24, 2.45) is 17.8 Å². The van der Waals surface area contributed by atoms with Gasteiger partial charge in [0.05, 0.1) is 26.4 Å². The predicted octanol–water partition coefficient (Wildman–Crippen LogP) is 26.1. The molecule has 17 nitrogen and oxygen atoms in total. The van der Waals surface area contributed by atoms with Crippen molar-refractivity contribution in [3.8, 4) is 0 Å². The van der Waals surface area contributed by atoms with E-state index >= 15 is 0 Å². The molecule has 0 saturated carbocycles. The first-order chi connectivity index (χ1) is 50.8. The molecule has 0 spiro atoms. The normalized spacial score (nSPS) is 14.4. The molecule has 0 amide bonds. The molecule has 0 aliphatic heterocycles. The maximum atomic E-state index is 13.1.